The van der Waals surface area contributed by atoms with Gasteiger partial charge in [0, 0.05) is 49.0 Å². The number of hydrogen-bond acceptors (Lipinski definition) is 4. The van der Waals surface area contributed by atoms with E-state index >= 15 is 0 Å². The van der Waals surface area contributed by atoms with Gasteiger partial charge in [-0.25, -0.2) is 4.98 Å². The van der Waals surface area contributed by atoms with E-state index in [0.29, 0.717) is 5.69 Å². The summed E-state index contributed by atoms with van der Waals surface area (Å²) in [5.41, 5.74) is 3.88. The van der Waals surface area contributed by atoms with Crippen LogP contribution in [0.3, 0.4) is 0 Å². The molecule has 0 bridgehead atoms. The minimum Gasteiger partial charge on any atom is -0.368 e. The monoisotopic (exact) mass is 388 g/mol. The van der Waals surface area contributed by atoms with Crippen molar-refractivity contribution in [2.75, 3.05) is 31.1 Å². The second kappa shape index (κ2) is 7.13. The van der Waals surface area contributed by atoms with Crippen LogP contribution in [-0.4, -0.2) is 46.4 Å². The molecule has 0 unspecified atom stereocenters. The van der Waals surface area contributed by atoms with Crippen LogP contribution in [-0.2, 0) is 0 Å². The first kappa shape index (κ1) is 17.0. The summed E-state index contributed by atoms with van der Waals surface area (Å²) >= 11 is 1.51. The predicted molar refractivity (Wildman–Crippen MR) is 113 cm³/mol. The van der Waals surface area contributed by atoms with E-state index < -0.39 is 0 Å². The van der Waals surface area contributed by atoms with Crippen molar-refractivity contribution in [1.82, 2.24) is 14.3 Å². The number of nitrogens with zero attached hydrogens (tertiary/aromatic N) is 4. The largest absolute Gasteiger partial charge is 0.368 e. The quantitative estimate of drug-likeness (QED) is 0.532. The van der Waals surface area contributed by atoms with Gasteiger partial charge in [-0.1, -0.05) is 48.5 Å². The van der Waals surface area contributed by atoms with Gasteiger partial charge in [-0.2, -0.15) is 0 Å². The standard InChI is InChI=1S/C22H20N4OS/c27-21(25-13-11-24(12-14-25)18-9-5-2-6-10-18)20-16-28-22-23-19(15-26(20)22)17-7-3-1-4-8-17/h1-10,15-16H,11-14H2. The summed E-state index contributed by atoms with van der Waals surface area (Å²) in [6.45, 7) is 3.15. The lowest BCUT2D eigenvalue weighted by molar-refractivity contribution is 0.0740. The molecule has 3 heterocycles. The lowest BCUT2D eigenvalue weighted by atomic mass is 10.2. The SMILES string of the molecule is O=C(c1csc2nc(-c3ccccc3)cn12)N1CCN(c2ccccc2)CC1. The molecule has 1 saturated heterocycles. The van der Waals surface area contributed by atoms with Crippen molar-refractivity contribution in [2.24, 2.45) is 0 Å². The Labute approximate surface area is 167 Å². The van der Waals surface area contributed by atoms with Crippen molar-refractivity contribution in [3.63, 3.8) is 0 Å². The van der Waals surface area contributed by atoms with E-state index in [1.807, 2.05) is 57.3 Å². The van der Waals surface area contributed by atoms with Gasteiger partial charge in [-0.3, -0.25) is 9.20 Å². The summed E-state index contributed by atoms with van der Waals surface area (Å²) in [5.74, 6) is 0.0796. The second-order valence-electron chi connectivity index (χ2n) is 6.88. The highest BCUT2D eigenvalue weighted by atomic mass is 32.1. The van der Waals surface area contributed by atoms with Crippen LogP contribution >= 0.6 is 11.3 Å². The molecule has 0 radical (unpaired) electrons. The molecule has 28 heavy (non-hydrogen) atoms. The Hall–Kier alpha value is -3.12. The number of imidazole rings is 1. The fourth-order valence-corrected chi connectivity index (χ4v) is 4.50. The van der Waals surface area contributed by atoms with Crippen molar-refractivity contribution >= 4 is 27.9 Å². The van der Waals surface area contributed by atoms with Crippen molar-refractivity contribution < 1.29 is 4.79 Å². The van der Waals surface area contributed by atoms with Gasteiger partial charge in [0.05, 0.1) is 5.69 Å². The van der Waals surface area contributed by atoms with Gasteiger partial charge in [-0.05, 0) is 12.1 Å². The van der Waals surface area contributed by atoms with E-state index in [-0.39, 0.29) is 5.91 Å². The highest BCUT2D eigenvalue weighted by Gasteiger charge is 2.25. The zero-order valence-corrected chi connectivity index (χ0v) is 16.2. The minimum absolute atomic E-state index is 0.0796. The Bertz CT molecular complexity index is 1100. The summed E-state index contributed by atoms with van der Waals surface area (Å²) in [4.78, 5) is 22.9. The molecule has 1 aliphatic rings. The van der Waals surface area contributed by atoms with Crippen LogP contribution in [0.5, 0.6) is 0 Å². The zero-order valence-electron chi connectivity index (χ0n) is 15.4. The maximum Gasteiger partial charge on any atom is 0.271 e. The molecule has 5 nitrogen and oxygen atoms in total. The fourth-order valence-electron chi connectivity index (χ4n) is 3.65. The van der Waals surface area contributed by atoms with Gasteiger partial charge < -0.3 is 9.80 Å². The van der Waals surface area contributed by atoms with Crippen molar-refractivity contribution in [3.05, 3.63) is 77.9 Å². The summed E-state index contributed by atoms with van der Waals surface area (Å²) in [6.07, 6.45) is 1.97. The average Bonchev–Trinajstić information content (AvgIpc) is 3.36. The lowest BCUT2D eigenvalue weighted by Crippen LogP contribution is -2.49. The predicted octanol–water partition coefficient (Wildman–Crippen LogP) is 4.03. The maximum absolute atomic E-state index is 13.1. The topological polar surface area (TPSA) is 40.9 Å². The molecule has 140 valence electrons. The summed E-state index contributed by atoms with van der Waals surface area (Å²) < 4.78 is 1.93. The van der Waals surface area contributed by atoms with E-state index in [0.717, 1.165) is 42.4 Å². The normalized spacial score (nSPS) is 14.6. The Morgan fingerprint density at radius 2 is 1.57 bits per heavy atom. The molecule has 2 aromatic carbocycles. The van der Waals surface area contributed by atoms with E-state index in [4.69, 9.17) is 0 Å². The molecule has 4 aromatic rings. The van der Waals surface area contributed by atoms with Gasteiger partial charge in [0.25, 0.3) is 5.91 Å². The molecular weight excluding hydrogens is 368 g/mol. The number of aromatic nitrogens is 2. The molecule has 0 spiro atoms. The first-order chi connectivity index (χ1) is 13.8. The van der Waals surface area contributed by atoms with Gasteiger partial charge in [-0.15, -0.1) is 11.3 Å². The van der Waals surface area contributed by atoms with Crippen LogP contribution in [0.4, 0.5) is 5.69 Å². The molecule has 1 amide bonds. The van der Waals surface area contributed by atoms with Crippen LogP contribution in [0.1, 0.15) is 10.5 Å². The average molecular weight is 388 g/mol. The van der Waals surface area contributed by atoms with Crippen molar-refractivity contribution in [1.29, 1.82) is 0 Å². The van der Waals surface area contributed by atoms with E-state index in [1.165, 1.54) is 17.0 Å². The number of fused-ring (bicyclic) bond motifs is 1. The summed E-state index contributed by atoms with van der Waals surface area (Å²) in [6, 6.07) is 20.4. The number of carbonyl (C=O) groups excluding carboxylic acids is 1. The van der Waals surface area contributed by atoms with E-state index in [9.17, 15) is 4.79 Å². The van der Waals surface area contributed by atoms with Crippen LogP contribution in [0.15, 0.2) is 72.2 Å². The molecule has 2 aromatic heterocycles. The molecule has 0 atom stereocenters. The Balaban J connectivity index is 1.34. The molecule has 0 N–H and O–H groups in total. The number of thiazole rings is 1. The molecular formula is C22H20N4OS. The Morgan fingerprint density at radius 3 is 2.29 bits per heavy atom. The maximum atomic E-state index is 13.1. The third-order valence-corrected chi connectivity index (χ3v) is 6.03. The fraction of sp³-hybridized carbons (Fsp3) is 0.182. The minimum atomic E-state index is 0.0796. The molecule has 0 saturated carbocycles. The number of amides is 1. The lowest BCUT2D eigenvalue weighted by Gasteiger charge is -2.36. The number of anilines is 1. The Morgan fingerprint density at radius 1 is 0.893 bits per heavy atom. The smallest absolute Gasteiger partial charge is 0.271 e. The molecule has 5 rings (SSSR count). The summed E-state index contributed by atoms with van der Waals surface area (Å²) in [7, 11) is 0. The van der Waals surface area contributed by atoms with E-state index in [2.05, 4.69) is 34.1 Å². The highest BCUT2D eigenvalue weighted by Crippen LogP contribution is 2.25. The van der Waals surface area contributed by atoms with Crippen molar-refractivity contribution in [2.45, 2.75) is 0 Å². The Kier molecular flexibility index (Phi) is 4.33. The van der Waals surface area contributed by atoms with Crippen LogP contribution in [0.25, 0.3) is 16.2 Å². The van der Waals surface area contributed by atoms with Crippen molar-refractivity contribution in [3.8, 4) is 11.3 Å². The number of para-hydroxylation sites is 1. The van der Waals surface area contributed by atoms with Gasteiger partial charge >= 0.3 is 0 Å². The number of benzene rings is 2. The zero-order chi connectivity index (χ0) is 18.9. The highest BCUT2D eigenvalue weighted by molar-refractivity contribution is 7.15. The van der Waals surface area contributed by atoms with Crippen LogP contribution < -0.4 is 4.90 Å². The number of hydrogen-bond donors (Lipinski definition) is 0. The van der Waals surface area contributed by atoms with Crippen LogP contribution in [0, 0.1) is 0 Å². The van der Waals surface area contributed by atoms with Crippen LogP contribution in [0.2, 0.25) is 0 Å². The number of carbonyl (C=O) groups is 1. The molecule has 0 aliphatic carbocycles. The number of rotatable bonds is 3. The first-order valence-electron chi connectivity index (χ1n) is 9.41. The summed E-state index contributed by atoms with van der Waals surface area (Å²) in [5, 5.41) is 1.92. The molecule has 1 aliphatic heterocycles. The molecule has 6 heteroatoms. The van der Waals surface area contributed by atoms with Gasteiger partial charge in [0.2, 0.25) is 0 Å². The van der Waals surface area contributed by atoms with Gasteiger partial charge in [0.15, 0.2) is 4.96 Å². The third-order valence-electron chi connectivity index (χ3n) is 5.19. The third kappa shape index (κ3) is 3.05. The first-order valence-corrected chi connectivity index (χ1v) is 10.3. The second-order valence-corrected chi connectivity index (χ2v) is 7.72. The molecule has 1 fully saturated rings. The van der Waals surface area contributed by atoms with E-state index in [1.54, 1.807) is 0 Å². The number of piperazine rings is 1. The van der Waals surface area contributed by atoms with Gasteiger partial charge in [0.1, 0.15) is 5.69 Å².